The highest BCUT2D eigenvalue weighted by molar-refractivity contribution is 7.61. The molecule has 3 nitrogen and oxygen atoms in total. The van der Waals surface area contributed by atoms with Gasteiger partial charge in [0, 0.05) is 39.9 Å². The Morgan fingerprint density at radius 3 is 2.30 bits per heavy atom. The normalized spacial score (nSPS) is 17.2. The van der Waals surface area contributed by atoms with Gasteiger partial charge in [-0.25, -0.2) is 0 Å². The van der Waals surface area contributed by atoms with E-state index in [4.69, 9.17) is 4.52 Å². The first-order valence-corrected chi connectivity index (χ1v) is 5.11. The molecule has 0 aliphatic rings. The zero-order chi connectivity index (χ0) is 8.20. The van der Waals surface area contributed by atoms with Gasteiger partial charge in [-0.1, -0.05) is 0 Å². The van der Waals surface area contributed by atoms with Crippen LogP contribution in [-0.4, -0.2) is 32.8 Å². The number of hydrogen-bond donors (Lipinski definition) is 0. The lowest BCUT2D eigenvalue weighted by molar-refractivity contribution is 0.406. The maximum absolute atomic E-state index is 11.2. The lowest BCUT2D eigenvalue weighted by Crippen LogP contribution is -1.99. The minimum absolute atomic E-state index is 1.45. The van der Waals surface area contributed by atoms with Crippen molar-refractivity contribution in [1.29, 1.82) is 0 Å². The van der Waals surface area contributed by atoms with Crippen LogP contribution in [0.25, 0.3) is 0 Å². The monoisotopic (exact) mass is 163 g/mol. The van der Waals surface area contributed by atoms with Gasteiger partial charge in [-0.3, -0.25) is 4.57 Å². The van der Waals surface area contributed by atoms with Crippen molar-refractivity contribution in [2.75, 3.05) is 27.9 Å². The van der Waals surface area contributed by atoms with Gasteiger partial charge in [0.15, 0.2) is 0 Å². The summed E-state index contributed by atoms with van der Waals surface area (Å²) in [5.41, 5.74) is 0. The summed E-state index contributed by atoms with van der Waals surface area (Å²) in [5.74, 6) is 1.58. The Kier molecular flexibility index (Phi) is 3.69. The lowest BCUT2D eigenvalue weighted by Gasteiger charge is -2.07. The molecule has 0 radical (unpaired) electrons. The molecule has 1 atom stereocenters. The van der Waals surface area contributed by atoms with Crippen LogP contribution in [0.3, 0.4) is 0 Å². The molecule has 0 bridgehead atoms. The van der Waals surface area contributed by atoms with Gasteiger partial charge < -0.3 is 9.42 Å². The fraction of sp³-hybridized carbons (Fsp3) is 0.667. The van der Waals surface area contributed by atoms with Crippen molar-refractivity contribution in [1.82, 2.24) is 4.90 Å². The molecule has 0 saturated carbocycles. The van der Waals surface area contributed by atoms with E-state index in [1.807, 2.05) is 19.0 Å². The average molecular weight is 163 g/mol. The number of rotatable bonds is 3. The first-order valence-electron chi connectivity index (χ1n) is 2.96. The van der Waals surface area contributed by atoms with E-state index >= 15 is 0 Å². The van der Waals surface area contributed by atoms with Crippen LogP contribution in [0.4, 0.5) is 0 Å². The van der Waals surface area contributed by atoms with Gasteiger partial charge in [0.25, 0.3) is 0 Å². The van der Waals surface area contributed by atoms with E-state index in [9.17, 15) is 4.57 Å². The molecule has 0 N–H and O–H groups in total. The summed E-state index contributed by atoms with van der Waals surface area (Å²) >= 11 is 0. The minimum Gasteiger partial charge on any atom is -0.383 e. The summed E-state index contributed by atoms with van der Waals surface area (Å²) in [6, 6.07) is 0. The van der Waals surface area contributed by atoms with Crippen molar-refractivity contribution in [3.05, 3.63) is 12.0 Å². The van der Waals surface area contributed by atoms with Crippen molar-refractivity contribution in [3.8, 4) is 0 Å². The third-order valence-electron chi connectivity index (χ3n) is 0.998. The second kappa shape index (κ2) is 3.79. The first-order chi connectivity index (χ1) is 4.48. The predicted molar refractivity (Wildman–Crippen MR) is 43.4 cm³/mol. The summed E-state index contributed by atoms with van der Waals surface area (Å²) in [4.78, 5) is 1.81. The van der Waals surface area contributed by atoms with Crippen molar-refractivity contribution in [2.24, 2.45) is 0 Å². The zero-order valence-corrected chi connectivity index (χ0v) is 7.76. The van der Waals surface area contributed by atoms with Crippen LogP contribution in [0.15, 0.2) is 12.0 Å². The lowest BCUT2D eigenvalue weighted by atomic mass is 10.9. The average Bonchev–Trinajstić information content (AvgIpc) is 1.85. The second-order valence-corrected chi connectivity index (χ2v) is 4.83. The predicted octanol–water partition coefficient (Wildman–Crippen LogP) is 1.57. The molecule has 0 spiro atoms. The largest absolute Gasteiger partial charge is 0.383 e. The molecule has 60 valence electrons. The van der Waals surface area contributed by atoms with Crippen molar-refractivity contribution in [2.45, 2.75) is 0 Å². The van der Waals surface area contributed by atoms with E-state index in [2.05, 4.69) is 0 Å². The van der Waals surface area contributed by atoms with E-state index in [0.717, 1.165) is 0 Å². The molecule has 0 saturated heterocycles. The fourth-order valence-corrected chi connectivity index (χ4v) is 0.946. The first kappa shape index (κ1) is 9.73. The summed E-state index contributed by atoms with van der Waals surface area (Å²) < 4.78 is 15.9. The quantitative estimate of drug-likeness (QED) is 0.591. The Morgan fingerprint density at radius 1 is 1.50 bits per heavy atom. The summed E-state index contributed by atoms with van der Waals surface area (Å²) in [7, 11) is 2.73. The minimum atomic E-state index is -2.45. The van der Waals surface area contributed by atoms with Crippen molar-refractivity contribution >= 4 is 7.37 Å². The van der Waals surface area contributed by atoms with Gasteiger partial charge in [0.05, 0.1) is 0 Å². The van der Waals surface area contributed by atoms with Gasteiger partial charge >= 0.3 is 0 Å². The maximum atomic E-state index is 11.2. The number of nitrogens with zero attached hydrogens (tertiary/aromatic N) is 1. The Labute approximate surface area is 62.1 Å². The molecule has 1 unspecified atom stereocenters. The zero-order valence-electron chi connectivity index (χ0n) is 6.87. The maximum Gasteiger partial charge on any atom is 0.223 e. The second-order valence-electron chi connectivity index (χ2n) is 2.35. The molecule has 0 aromatic carbocycles. The third-order valence-corrected chi connectivity index (χ3v) is 2.40. The smallest absolute Gasteiger partial charge is 0.223 e. The fourth-order valence-electron chi connectivity index (χ4n) is 0.315. The summed E-state index contributed by atoms with van der Waals surface area (Å²) in [6.45, 7) is 1.58. The summed E-state index contributed by atoms with van der Waals surface area (Å²) in [6.07, 6.45) is 1.73. The van der Waals surface area contributed by atoms with Gasteiger partial charge in [-0.2, -0.15) is 0 Å². The van der Waals surface area contributed by atoms with Crippen LogP contribution in [0.1, 0.15) is 0 Å². The Bertz CT molecular complexity index is 165. The van der Waals surface area contributed by atoms with E-state index < -0.39 is 7.37 Å². The highest BCUT2D eigenvalue weighted by Gasteiger charge is 2.06. The number of hydrogen-bond acceptors (Lipinski definition) is 3. The molecule has 0 aromatic heterocycles. The molecular formula is C6H14NO2P. The highest BCUT2D eigenvalue weighted by atomic mass is 31.2. The van der Waals surface area contributed by atoms with Gasteiger partial charge in [-0.05, 0) is 0 Å². The molecule has 0 heterocycles. The third kappa shape index (κ3) is 4.59. The van der Waals surface area contributed by atoms with E-state index in [0.29, 0.717) is 0 Å². The summed E-state index contributed by atoms with van der Waals surface area (Å²) in [5, 5.41) is 0. The van der Waals surface area contributed by atoms with E-state index in [1.165, 1.54) is 7.11 Å². The van der Waals surface area contributed by atoms with E-state index in [1.54, 1.807) is 18.7 Å². The van der Waals surface area contributed by atoms with Crippen LogP contribution < -0.4 is 0 Å². The molecule has 4 heteroatoms. The Balaban J connectivity index is 4.00. The molecule has 0 amide bonds. The van der Waals surface area contributed by atoms with Crippen LogP contribution in [0, 0.1) is 0 Å². The van der Waals surface area contributed by atoms with Crippen LogP contribution in [0.5, 0.6) is 0 Å². The SMILES string of the molecule is COP(C)(=O)/C=C/N(C)C. The Hall–Kier alpha value is -0.270. The van der Waals surface area contributed by atoms with Gasteiger partial charge in [0.1, 0.15) is 0 Å². The molecular weight excluding hydrogens is 149 g/mol. The van der Waals surface area contributed by atoms with Crippen molar-refractivity contribution in [3.63, 3.8) is 0 Å². The molecule has 0 rings (SSSR count). The topological polar surface area (TPSA) is 29.5 Å². The molecule has 0 aliphatic heterocycles. The van der Waals surface area contributed by atoms with Gasteiger partial charge in [0.2, 0.25) is 7.37 Å². The molecule has 0 aliphatic carbocycles. The van der Waals surface area contributed by atoms with Crippen LogP contribution in [-0.2, 0) is 9.09 Å². The van der Waals surface area contributed by atoms with Gasteiger partial charge in [-0.15, -0.1) is 0 Å². The highest BCUT2D eigenvalue weighted by Crippen LogP contribution is 2.42. The molecule has 0 fully saturated rings. The Morgan fingerprint density at radius 2 is 2.00 bits per heavy atom. The van der Waals surface area contributed by atoms with Crippen LogP contribution in [0.2, 0.25) is 0 Å². The van der Waals surface area contributed by atoms with Crippen molar-refractivity contribution < 1.29 is 9.09 Å². The molecule has 0 aromatic rings. The molecule has 10 heavy (non-hydrogen) atoms. The van der Waals surface area contributed by atoms with Crippen LogP contribution >= 0.6 is 7.37 Å². The standard InChI is InChI=1S/C6H14NO2P/c1-7(2)5-6-10(4,8)9-3/h5-6H,1-4H3/b6-5+. The van der Waals surface area contributed by atoms with E-state index in [-0.39, 0.29) is 0 Å².